The van der Waals surface area contributed by atoms with Crippen LogP contribution in [0.1, 0.15) is 55.0 Å². The second-order valence-corrected chi connectivity index (χ2v) is 9.00. The van der Waals surface area contributed by atoms with Crippen molar-refractivity contribution in [3.63, 3.8) is 0 Å². The predicted molar refractivity (Wildman–Crippen MR) is 123 cm³/mol. The van der Waals surface area contributed by atoms with Crippen LogP contribution < -0.4 is 5.32 Å². The summed E-state index contributed by atoms with van der Waals surface area (Å²) in [7, 11) is 0. The topological polar surface area (TPSA) is 73.6 Å². The number of hydrogen-bond acceptors (Lipinski definition) is 2. The second kappa shape index (κ2) is 8.10. The zero-order chi connectivity index (χ0) is 24.0. The largest absolute Gasteiger partial charge is 0.416 e. The Morgan fingerprint density at radius 3 is 2.42 bits per heavy atom. The first kappa shape index (κ1) is 22.6. The standard InChI is InChI=1S/C25H25F3N4O/c1-5-17-19(13-20(29-17)24(2,3)4)31-23(33)16-10-7-11-18-21(16)32-22(30-18)14-8-6-9-15(12-14)25(26,27)28/h6-13,29H,5H2,1-4H3,(H,30,32)(H,31,33). The molecule has 1 amide bonds. The van der Waals surface area contributed by atoms with Crippen molar-refractivity contribution in [3.05, 3.63) is 71.0 Å². The highest BCUT2D eigenvalue weighted by Crippen LogP contribution is 2.33. The number of aromatic amines is 2. The molecule has 0 aliphatic carbocycles. The first-order chi connectivity index (χ1) is 15.5. The third-order valence-electron chi connectivity index (χ3n) is 5.53. The fraction of sp³-hybridized carbons (Fsp3) is 0.280. The summed E-state index contributed by atoms with van der Waals surface area (Å²) in [5, 5.41) is 2.97. The monoisotopic (exact) mass is 454 g/mol. The zero-order valence-electron chi connectivity index (χ0n) is 18.8. The molecule has 0 aliphatic rings. The van der Waals surface area contributed by atoms with E-state index in [0.29, 0.717) is 27.8 Å². The van der Waals surface area contributed by atoms with Gasteiger partial charge in [0.25, 0.3) is 5.91 Å². The number of para-hydroxylation sites is 1. The van der Waals surface area contributed by atoms with Crippen LogP contribution >= 0.6 is 0 Å². The average Bonchev–Trinajstić information content (AvgIpc) is 3.37. The van der Waals surface area contributed by atoms with Crippen LogP contribution in [0.5, 0.6) is 0 Å². The first-order valence-corrected chi connectivity index (χ1v) is 10.7. The molecular weight excluding hydrogens is 429 g/mol. The lowest BCUT2D eigenvalue weighted by atomic mass is 9.92. The van der Waals surface area contributed by atoms with Crippen LogP contribution in [-0.2, 0) is 18.0 Å². The van der Waals surface area contributed by atoms with Crippen LogP contribution in [0.15, 0.2) is 48.5 Å². The quantitative estimate of drug-likeness (QED) is 0.321. The van der Waals surface area contributed by atoms with Crippen LogP contribution in [0.4, 0.5) is 18.9 Å². The molecule has 0 saturated heterocycles. The van der Waals surface area contributed by atoms with Crippen LogP contribution in [0.2, 0.25) is 0 Å². The van der Waals surface area contributed by atoms with Gasteiger partial charge in [0.1, 0.15) is 11.3 Å². The van der Waals surface area contributed by atoms with Crippen molar-refractivity contribution in [3.8, 4) is 11.4 Å². The van der Waals surface area contributed by atoms with Crippen molar-refractivity contribution in [2.75, 3.05) is 5.32 Å². The number of carbonyl (C=O) groups is 1. The van der Waals surface area contributed by atoms with Crippen LogP contribution in [-0.4, -0.2) is 20.9 Å². The van der Waals surface area contributed by atoms with Gasteiger partial charge in [-0.05, 0) is 36.8 Å². The summed E-state index contributed by atoms with van der Waals surface area (Å²) < 4.78 is 39.3. The molecule has 0 saturated carbocycles. The maximum atomic E-state index is 13.2. The maximum Gasteiger partial charge on any atom is 0.416 e. The van der Waals surface area contributed by atoms with E-state index in [-0.39, 0.29) is 17.1 Å². The van der Waals surface area contributed by atoms with Crippen molar-refractivity contribution in [2.24, 2.45) is 0 Å². The number of amides is 1. The van der Waals surface area contributed by atoms with Gasteiger partial charge >= 0.3 is 6.18 Å². The van der Waals surface area contributed by atoms with E-state index in [1.165, 1.54) is 6.07 Å². The minimum Gasteiger partial charge on any atom is -0.360 e. The van der Waals surface area contributed by atoms with Gasteiger partial charge in [0.2, 0.25) is 0 Å². The van der Waals surface area contributed by atoms with Crippen LogP contribution in [0.25, 0.3) is 22.4 Å². The lowest BCUT2D eigenvalue weighted by Gasteiger charge is -2.15. The molecule has 0 spiro atoms. The number of halogens is 3. The number of hydrogen-bond donors (Lipinski definition) is 3. The molecule has 4 aromatic rings. The molecule has 0 radical (unpaired) electrons. The molecule has 2 aromatic heterocycles. The van der Waals surface area contributed by atoms with E-state index in [1.807, 2.05) is 13.0 Å². The van der Waals surface area contributed by atoms with Gasteiger partial charge < -0.3 is 15.3 Å². The Bertz CT molecular complexity index is 1330. The molecule has 172 valence electrons. The Morgan fingerprint density at radius 1 is 1.03 bits per heavy atom. The third kappa shape index (κ3) is 4.51. The summed E-state index contributed by atoms with van der Waals surface area (Å²) in [5.41, 5.74) is 3.37. The van der Waals surface area contributed by atoms with Gasteiger partial charge in [0.15, 0.2) is 0 Å². The fourth-order valence-corrected chi connectivity index (χ4v) is 3.68. The zero-order valence-corrected chi connectivity index (χ0v) is 18.8. The van der Waals surface area contributed by atoms with Crippen molar-refractivity contribution in [2.45, 2.75) is 45.7 Å². The number of alkyl halides is 3. The van der Waals surface area contributed by atoms with Crippen molar-refractivity contribution >= 4 is 22.6 Å². The fourth-order valence-electron chi connectivity index (χ4n) is 3.68. The Balaban J connectivity index is 1.70. The second-order valence-electron chi connectivity index (χ2n) is 9.00. The average molecular weight is 454 g/mol. The molecule has 8 heteroatoms. The van der Waals surface area contributed by atoms with E-state index in [1.54, 1.807) is 24.3 Å². The number of nitrogens with zero attached hydrogens (tertiary/aromatic N) is 1. The number of aryl methyl sites for hydroxylation is 1. The number of H-pyrrole nitrogens is 2. The van der Waals surface area contributed by atoms with E-state index >= 15 is 0 Å². The van der Waals surface area contributed by atoms with Crippen molar-refractivity contribution in [1.82, 2.24) is 15.0 Å². The van der Waals surface area contributed by atoms with Crippen molar-refractivity contribution < 1.29 is 18.0 Å². The van der Waals surface area contributed by atoms with Gasteiger partial charge in [-0.25, -0.2) is 4.98 Å². The molecule has 0 bridgehead atoms. The summed E-state index contributed by atoms with van der Waals surface area (Å²) in [4.78, 5) is 24.0. The van der Waals surface area contributed by atoms with Gasteiger partial charge in [0.05, 0.1) is 22.3 Å². The molecule has 0 aliphatic heterocycles. The van der Waals surface area contributed by atoms with Gasteiger partial charge in [-0.2, -0.15) is 13.2 Å². The number of fused-ring (bicyclic) bond motifs is 1. The van der Waals surface area contributed by atoms with Gasteiger partial charge in [-0.15, -0.1) is 0 Å². The molecule has 0 fully saturated rings. The number of aromatic nitrogens is 3. The molecule has 5 nitrogen and oxygen atoms in total. The predicted octanol–water partition coefficient (Wildman–Crippen LogP) is 6.69. The Labute approximate surface area is 189 Å². The Kier molecular flexibility index (Phi) is 5.56. The Morgan fingerprint density at radius 2 is 1.76 bits per heavy atom. The lowest BCUT2D eigenvalue weighted by molar-refractivity contribution is -0.137. The van der Waals surface area contributed by atoms with E-state index < -0.39 is 11.7 Å². The number of rotatable bonds is 4. The van der Waals surface area contributed by atoms with Crippen LogP contribution in [0, 0.1) is 0 Å². The molecule has 4 rings (SSSR count). The highest BCUT2D eigenvalue weighted by atomic mass is 19.4. The molecule has 33 heavy (non-hydrogen) atoms. The normalized spacial score (nSPS) is 12.3. The van der Waals surface area contributed by atoms with Gasteiger partial charge in [-0.3, -0.25) is 4.79 Å². The number of imidazole rings is 1. The van der Waals surface area contributed by atoms with Gasteiger partial charge in [-0.1, -0.05) is 45.9 Å². The number of nitrogens with one attached hydrogen (secondary N) is 3. The Hall–Kier alpha value is -3.55. The maximum absolute atomic E-state index is 13.2. The highest BCUT2D eigenvalue weighted by Gasteiger charge is 2.30. The van der Waals surface area contributed by atoms with E-state index in [2.05, 4.69) is 41.0 Å². The molecule has 3 N–H and O–H groups in total. The summed E-state index contributed by atoms with van der Waals surface area (Å²) in [5.74, 6) is -0.0703. The molecule has 2 heterocycles. The van der Waals surface area contributed by atoms with E-state index in [0.717, 1.165) is 29.9 Å². The first-order valence-electron chi connectivity index (χ1n) is 10.7. The van der Waals surface area contributed by atoms with Crippen LogP contribution in [0.3, 0.4) is 0 Å². The smallest absolute Gasteiger partial charge is 0.360 e. The highest BCUT2D eigenvalue weighted by molar-refractivity contribution is 6.12. The van der Waals surface area contributed by atoms with Crippen molar-refractivity contribution in [1.29, 1.82) is 0 Å². The number of carbonyl (C=O) groups excluding carboxylic acids is 1. The number of benzene rings is 2. The third-order valence-corrected chi connectivity index (χ3v) is 5.53. The molecular formula is C25H25F3N4O. The summed E-state index contributed by atoms with van der Waals surface area (Å²) in [6.45, 7) is 8.26. The minimum atomic E-state index is -4.45. The SMILES string of the molecule is CCc1[nH]c(C(C)(C)C)cc1NC(=O)c1cccc2[nH]c(-c3cccc(C(F)(F)F)c3)nc12. The van der Waals surface area contributed by atoms with Gasteiger partial charge in [0, 0.05) is 22.4 Å². The summed E-state index contributed by atoms with van der Waals surface area (Å²) >= 11 is 0. The molecule has 0 unspecified atom stereocenters. The minimum absolute atomic E-state index is 0.102. The van der Waals surface area contributed by atoms with E-state index in [4.69, 9.17) is 0 Å². The summed E-state index contributed by atoms with van der Waals surface area (Å²) in [6.07, 6.45) is -3.73. The lowest BCUT2D eigenvalue weighted by Crippen LogP contribution is -2.13. The molecule has 0 atom stereocenters. The van der Waals surface area contributed by atoms with E-state index in [9.17, 15) is 18.0 Å². The number of anilines is 1. The molecule has 2 aromatic carbocycles. The summed E-state index contributed by atoms with van der Waals surface area (Å²) in [6, 6.07) is 12.0.